The molecule has 2 aromatic heterocycles. The summed E-state index contributed by atoms with van der Waals surface area (Å²) >= 11 is 2.74. The largest absolute Gasteiger partial charge is 0.497 e. The number of benzene rings is 2. The number of tetrazole rings is 1. The molecule has 2 heterocycles. The molecule has 0 bridgehead atoms. The number of methoxy groups -OCH3 is 1. The van der Waals surface area contributed by atoms with Gasteiger partial charge >= 0.3 is 0 Å². The lowest BCUT2D eigenvalue weighted by Gasteiger charge is -2.06. The first-order valence-electron chi connectivity index (χ1n) is 10.4. The third-order valence-electron chi connectivity index (χ3n) is 4.91. The van der Waals surface area contributed by atoms with Crippen LogP contribution in [-0.2, 0) is 11.2 Å². The Bertz CT molecular complexity index is 1200. The van der Waals surface area contributed by atoms with E-state index in [1.54, 1.807) is 11.8 Å². The minimum Gasteiger partial charge on any atom is -0.497 e. The van der Waals surface area contributed by atoms with E-state index in [0.717, 1.165) is 22.7 Å². The van der Waals surface area contributed by atoms with Crippen molar-refractivity contribution in [1.29, 1.82) is 0 Å². The minimum absolute atomic E-state index is 0.161. The molecule has 33 heavy (non-hydrogen) atoms. The minimum atomic E-state index is -0.161. The van der Waals surface area contributed by atoms with E-state index >= 15 is 0 Å². The van der Waals surface area contributed by atoms with Crippen molar-refractivity contribution in [3.05, 3.63) is 70.7 Å². The number of nitrogens with zero attached hydrogens (tertiary/aromatic N) is 5. The van der Waals surface area contributed by atoms with Crippen LogP contribution in [0.25, 0.3) is 5.69 Å². The van der Waals surface area contributed by atoms with E-state index in [-0.39, 0.29) is 11.7 Å². The summed E-state index contributed by atoms with van der Waals surface area (Å²) in [6.45, 7) is 4.37. The Morgan fingerprint density at radius 2 is 1.91 bits per heavy atom. The maximum atomic E-state index is 12.4. The van der Waals surface area contributed by atoms with Crippen LogP contribution in [0, 0.1) is 0 Å². The van der Waals surface area contributed by atoms with Crippen molar-refractivity contribution in [2.75, 3.05) is 18.2 Å². The van der Waals surface area contributed by atoms with Crippen LogP contribution in [-0.4, -0.2) is 44.0 Å². The first-order valence-corrected chi connectivity index (χ1v) is 12.2. The molecule has 1 N–H and O–H groups in total. The fourth-order valence-corrected chi connectivity index (χ4v) is 4.66. The number of amides is 1. The molecule has 1 amide bonds. The van der Waals surface area contributed by atoms with Crippen LogP contribution in [0.3, 0.4) is 0 Å². The first kappa shape index (κ1) is 22.9. The number of hydrogen-bond donors (Lipinski definition) is 1. The maximum Gasteiger partial charge on any atom is 0.236 e. The highest BCUT2D eigenvalue weighted by molar-refractivity contribution is 7.99. The molecule has 0 saturated heterocycles. The molecule has 0 aliphatic rings. The van der Waals surface area contributed by atoms with Crippen LogP contribution in [0.15, 0.2) is 59.9 Å². The van der Waals surface area contributed by atoms with Gasteiger partial charge in [-0.15, -0.1) is 16.4 Å². The molecule has 0 aliphatic carbocycles. The van der Waals surface area contributed by atoms with Crippen LogP contribution < -0.4 is 10.1 Å². The molecular formula is C23H24N6O2S2. The van der Waals surface area contributed by atoms with E-state index in [1.807, 2.05) is 30.5 Å². The second-order valence-corrected chi connectivity index (χ2v) is 9.67. The molecule has 2 aromatic carbocycles. The number of thioether (sulfide) groups is 1. The highest BCUT2D eigenvalue weighted by Crippen LogP contribution is 2.24. The number of ether oxygens (including phenoxy) is 1. The molecular weight excluding hydrogens is 456 g/mol. The molecule has 0 unspecified atom stereocenters. The maximum absolute atomic E-state index is 12.4. The highest BCUT2D eigenvalue weighted by atomic mass is 32.2. The van der Waals surface area contributed by atoms with Gasteiger partial charge in [0, 0.05) is 17.5 Å². The third kappa shape index (κ3) is 5.96. The van der Waals surface area contributed by atoms with Crippen molar-refractivity contribution in [3.63, 3.8) is 0 Å². The van der Waals surface area contributed by atoms with Gasteiger partial charge in [0.2, 0.25) is 11.1 Å². The van der Waals surface area contributed by atoms with E-state index in [0.29, 0.717) is 16.2 Å². The molecule has 0 fully saturated rings. The molecule has 4 aromatic rings. The zero-order valence-corrected chi connectivity index (χ0v) is 20.2. The smallest absolute Gasteiger partial charge is 0.236 e. The molecule has 0 atom stereocenters. The molecule has 4 rings (SSSR count). The van der Waals surface area contributed by atoms with E-state index in [9.17, 15) is 4.79 Å². The second kappa shape index (κ2) is 10.6. The van der Waals surface area contributed by atoms with Crippen LogP contribution in [0.2, 0.25) is 0 Å². The highest BCUT2D eigenvalue weighted by Gasteiger charge is 2.13. The number of anilines is 1. The van der Waals surface area contributed by atoms with Crippen molar-refractivity contribution < 1.29 is 9.53 Å². The van der Waals surface area contributed by atoms with Crippen molar-refractivity contribution >= 4 is 34.1 Å². The normalized spacial score (nSPS) is 11.0. The van der Waals surface area contributed by atoms with Crippen molar-refractivity contribution in [1.82, 2.24) is 25.2 Å². The van der Waals surface area contributed by atoms with Crippen LogP contribution in [0.4, 0.5) is 5.13 Å². The fourth-order valence-electron chi connectivity index (χ4n) is 3.11. The number of rotatable bonds is 9. The van der Waals surface area contributed by atoms with E-state index in [1.165, 1.54) is 34.2 Å². The van der Waals surface area contributed by atoms with Gasteiger partial charge in [-0.3, -0.25) is 4.79 Å². The predicted octanol–water partition coefficient (Wildman–Crippen LogP) is 4.57. The van der Waals surface area contributed by atoms with Crippen molar-refractivity contribution in [2.45, 2.75) is 31.3 Å². The van der Waals surface area contributed by atoms with Crippen LogP contribution >= 0.6 is 23.1 Å². The summed E-state index contributed by atoms with van der Waals surface area (Å²) in [6, 6.07) is 16.0. The summed E-state index contributed by atoms with van der Waals surface area (Å²) in [5, 5.41) is 15.7. The standard InChI is InChI=1S/C23H24N6O2S2/c1-15(2)17-6-4-16(5-7-17)12-20-13-24-22(33-20)25-21(30)14-32-23-26-27-28-29(23)18-8-10-19(31-3)11-9-18/h4-11,13,15H,12,14H2,1-3H3,(H,24,25,30). The zero-order chi connectivity index (χ0) is 23.2. The SMILES string of the molecule is COc1ccc(-n2nnnc2SCC(=O)Nc2ncc(Cc3ccc(C(C)C)cc3)s2)cc1. The van der Waals surface area contributed by atoms with Gasteiger partial charge in [-0.25, -0.2) is 4.98 Å². The quantitative estimate of drug-likeness (QED) is 0.351. The predicted molar refractivity (Wildman–Crippen MR) is 131 cm³/mol. The topological polar surface area (TPSA) is 94.8 Å². The lowest BCUT2D eigenvalue weighted by Crippen LogP contribution is -2.14. The lowest BCUT2D eigenvalue weighted by atomic mass is 10.0. The monoisotopic (exact) mass is 480 g/mol. The third-order valence-corrected chi connectivity index (χ3v) is 6.75. The fraction of sp³-hybridized carbons (Fsp3) is 0.261. The molecule has 0 radical (unpaired) electrons. The number of aromatic nitrogens is 5. The Morgan fingerprint density at radius 3 is 2.61 bits per heavy atom. The van der Waals surface area contributed by atoms with E-state index in [4.69, 9.17) is 4.74 Å². The lowest BCUT2D eigenvalue weighted by molar-refractivity contribution is -0.113. The molecule has 0 aliphatic heterocycles. The van der Waals surface area contributed by atoms with Crippen LogP contribution in [0.1, 0.15) is 35.8 Å². The van der Waals surface area contributed by atoms with E-state index < -0.39 is 0 Å². The van der Waals surface area contributed by atoms with Gasteiger partial charge in [-0.05, 0) is 51.7 Å². The first-order chi connectivity index (χ1) is 16.0. The van der Waals surface area contributed by atoms with Gasteiger partial charge < -0.3 is 10.1 Å². The molecule has 170 valence electrons. The Morgan fingerprint density at radius 1 is 1.15 bits per heavy atom. The Kier molecular flexibility index (Phi) is 7.36. The molecule has 0 saturated carbocycles. The van der Waals surface area contributed by atoms with Gasteiger partial charge in [-0.2, -0.15) is 4.68 Å². The second-order valence-electron chi connectivity index (χ2n) is 7.61. The van der Waals surface area contributed by atoms with E-state index in [2.05, 4.69) is 63.9 Å². The molecule has 8 nitrogen and oxygen atoms in total. The zero-order valence-electron chi connectivity index (χ0n) is 18.6. The van der Waals surface area contributed by atoms with Gasteiger partial charge in [0.1, 0.15) is 5.75 Å². The summed E-state index contributed by atoms with van der Waals surface area (Å²) in [5.41, 5.74) is 3.34. The number of nitrogens with one attached hydrogen (secondary N) is 1. The average Bonchev–Trinajstić information content (AvgIpc) is 3.47. The Balaban J connectivity index is 1.31. The molecule has 0 spiro atoms. The number of carbonyl (C=O) groups is 1. The number of carbonyl (C=O) groups excluding carboxylic acids is 1. The summed E-state index contributed by atoms with van der Waals surface area (Å²) in [6.07, 6.45) is 2.60. The number of hydrogen-bond acceptors (Lipinski definition) is 8. The van der Waals surface area contributed by atoms with Crippen LogP contribution in [0.5, 0.6) is 5.75 Å². The van der Waals surface area contributed by atoms with Gasteiger partial charge in [-0.1, -0.05) is 49.9 Å². The summed E-state index contributed by atoms with van der Waals surface area (Å²) in [7, 11) is 1.61. The van der Waals surface area contributed by atoms with Crippen molar-refractivity contribution in [3.8, 4) is 11.4 Å². The van der Waals surface area contributed by atoms with Gasteiger partial charge in [0.15, 0.2) is 5.13 Å². The number of thiazole rings is 1. The Hall–Kier alpha value is -3.24. The molecule has 10 heteroatoms. The van der Waals surface area contributed by atoms with Crippen molar-refractivity contribution in [2.24, 2.45) is 0 Å². The summed E-state index contributed by atoms with van der Waals surface area (Å²) < 4.78 is 6.76. The summed E-state index contributed by atoms with van der Waals surface area (Å²) in [5.74, 6) is 1.27. The summed E-state index contributed by atoms with van der Waals surface area (Å²) in [4.78, 5) is 17.9. The average molecular weight is 481 g/mol. The van der Waals surface area contributed by atoms with Gasteiger partial charge in [0.25, 0.3) is 0 Å². The Labute approximate surface area is 200 Å². The van der Waals surface area contributed by atoms with Gasteiger partial charge in [0.05, 0.1) is 18.6 Å².